The van der Waals surface area contributed by atoms with Crippen molar-refractivity contribution in [1.82, 2.24) is 0 Å². The number of rotatable bonds is 4. The monoisotopic (exact) mass is 230 g/mol. The van der Waals surface area contributed by atoms with Crippen molar-refractivity contribution >= 4 is 0 Å². The molecule has 0 aliphatic heterocycles. The van der Waals surface area contributed by atoms with Gasteiger partial charge in [-0.1, -0.05) is 30.3 Å². The van der Waals surface area contributed by atoms with Crippen LogP contribution < -0.4 is 0 Å². The Kier molecular flexibility index (Phi) is 3.55. The van der Waals surface area contributed by atoms with E-state index in [9.17, 15) is 10.1 Å². The molecule has 2 rings (SSSR count). The lowest BCUT2D eigenvalue weighted by molar-refractivity contribution is -0.424. The molecule has 1 aliphatic carbocycles. The molecule has 1 aromatic rings. The zero-order chi connectivity index (χ0) is 12.1. The molecule has 0 atom stereocenters. The number of allylic oxidation sites excluding steroid dienone is 2. The SMILES string of the molecule is O=[N+]([O-])C1=C[CH]CC=C1OCc1ccccc1. The van der Waals surface area contributed by atoms with Crippen LogP contribution in [-0.4, -0.2) is 4.92 Å². The lowest BCUT2D eigenvalue weighted by atomic mass is 10.1. The average Bonchev–Trinajstić information content (AvgIpc) is 2.38. The highest BCUT2D eigenvalue weighted by Crippen LogP contribution is 2.21. The summed E-state index contributed by atoms with van der Waals surface area (Å²) in [7, 11) is 0. The molecule has 0 fully saturated rings. The molecule has 17 heavy (non-hydrogen) atoms. The van der Waals surface area contributed by atoms with E-state index in [0.717, 1.165) is 5.56 Å². The summed E-state index contributed by atoms with van der Waals surface area (Å²) < 4.78 is 5.47. The highest BCUT2D eigenvalue weighted by Gasteiger charge is 2.21. The third-order valence-corrected chi connectivity index (χ3v) is 2.40. The standard InChI is InChI=1S/C13H12NO3/c15-14(16)12-8-4-5-9-13(12)17-10-11-6-2-1-3-7-11/h1-4,6-9H,5,10H2. The van der Waals surface area contributed by atoms with E-state index in [1.165, 1.54) is 6.08 Å². The molecule has 0 bridgehead atoms. The van der Waals surface area contributed by atoms with Crippen LogP contribution in [0.2, 0.25) is 0 Å². The maximum atomic E-state index is 10.8. The Morgan fingerprint density at radius 3 is 2.76 bits per heavy atom. The summed E-state index contributed by atoms with van der Waals surface area (Å²) in [6, 6.07) is 9.58. The largest absolute Gasteiger partial charge is 0.482 e. The molecule has 0 aromatic heterocycles. The van der Waals surface area contributed by atoms with E-state index in [1.54, 1.807) is 12.5 Å². The summed E-state index contributed by atoms with van der Waals surface area (Å²) in [6.07, 6.45) is 5.62. The first-order chi connectivity index (χ1) is 8.27. The maximum absolute atomic E-state index is 10.8. The van der Waals surface area contributed by atoms with E-state index in [4.69, 9.17) is 4.74 Å². The zero-order valence-electron chi connectivity index (χ0n) is 9.20. The molecule has 0 heterocycles. The zero-order valence-corrected chi connectivity index (χ0v) is 9.20. The van der Waals surface area contributed by atoms with Crippen LogP contribution in [-0.2, 0) is 11.3 Å². The minimum absolute atomic E-state index is 0.0205. The molecule has 1 aromatic carbocycles. The Morgan fingerprint density at radius 1 is 1.29 bits per heavy atom. The van der Waals surface area contributed by atoms with Crippen molar-refractivity contribution in [2.24, 2.45) is 0 Å². The second kappa shape index (κ2) is 5.30. The first-order valence-electron chi connectivity index (χ1n) is 5.32. The average molecular weight is 230 g/mol. The second-order valence-electron chi connectivity index (χ2n) is 3.62. The smallest absolute Gasteiger partial charge is 0.306 e. The normalized spacial score (nSPS) is 14.8. The molecule has 4 nitrogen and oxygen atoms in total. The first kappa shape index (κ1) is 11.4. The lowest BCUT2D eigenvalue weighted by Crippen LogP contribution is -2.08. The molecule has 1 radical (unpaired) electrons. The van der Waals surface area contributed by atoms with Gasteiger partial charge in [-0.3, -0.25) is 10.1 Å². The van der Waals surface area contributed by atoms with Gasteiger partial charge in [0.05, 0.1) is 4.92 Å². The van der Waals surface area contributed by atoms with Gasteiger partial charge in [0.1, 0.15) is 6.61 Å². The van der Waals surface area contributed by atoms with Crippen molar-refractivity contribution in [2.75, 3.05) is 0 Å². The van der Waals surface area contributed by atoms with E-state index in [-0.39, 0.29) is 5.70 Å². The molecule has 0 amide bonds. The van der Waals surface area contributed by atoms with Gasteiger partial charge in [0.25, 0.3) is 0 Å². The van der Waals surface area contributed by atoms with Gasteiger partial charge < -0.3 is 4.74 Å². The Labute approximate surface area is 99.4 Å². The predicted molar refractivity (Wildman–Crippen MR) is 63.3 cm³/mol. The molecule has 1 aliphatic rings. The van der Waals surface area contributed by atoms with E-state index in [1.807, 2.05) is 30.3 Å². The third-order valence-electron chi connectivity index (χ3n) is 2.40. The number of hydrogen-bond acceptors (Lipinski definition) is 3. The predicted octanol–water partition coefficient (Wildman–Crippen LogP) is 2.86. The number of ether oxygens (including phenoxy) is 1. The maximum Gasteiger partial charge on any atom is 0.306 e. The number of nitrogens with zero attached hydrogens (tertiary/aromatic N) is 1. The van der Waals surface area contributed by atoms with Gasteiger partial charge in [0.15, 0.2) is 5.76 Å². The van der Waals surface area contributed by atoms with Crippen LogP contribution in [0.15, 0.2) is 53.9 Å². The molecule has 0 spiro atoms. The minimum atomic E-state index is -0.424. The van der Waals surface area contributed by atoms with E-state index in [2.05, 4.69) is 0 Å². The molecule has 4 heteroatoms. The molecule has 0 saturated heterocycles. The Bertz CT molecular complexity index is 463. The van der Waals surface area contributed by atoms with Gasteiger partial charge in [-0.15, -0.1) is 0 Å². The van der Waals surface area contributed by atoms with Crippen LogP contribution >= 0.6 is 0 Å². The van der Waals surface area contributed by atoms with Gasteiger partial charge in [0.2, 0.25) is 0 Å². The van der Waals surface area contributed by atoms with Crippen molar-refractivity contribution in [3.05, 3.63) is 76.0 Å². The van der Waals surface area contributed by atoms with Crippen molar-refractivity contribution in [3.8, 4) is 0 Å². The molecular weight excluding hydrogens is 218 g/mol. The highest BCUT2D eigenvalue weighted by atomic mass is 16.6. The fourth-order valence-corrected chi connectivity index (χ4v) is 1.56. The van der Waals surface area contributed by atoms with Crippen molar-refractivity contribution in [3.63, 3.8) is 0 Å². The molecule has 87 valence electrons. The summed E-state index contributed by atoms with van der Waals surface area (Å²) >= 11 is 0. The second-order valence-corrected chi connectivity index (χ2v) is 3.62. The van der Waals surface area contributed by atoms with Crippen molar-refractivity contribution in [1.29, 1.82) is 0 Å². The van der Waals surface area contributed by atoms with E-state index < -0.39 is 4.92 Å². The Hall–Kier alpha value is -2.10. The summed E-state index contributed by atoms with van der Waals surface area (Å²) in [5.41, 5.74) is 1.01. The fraction of sp³-hybridized carbons (Fsp3) is 0.154. The number of nitro groups is 1. The summed E-state index contributed by atoms with van der Waals surface area (Å²) in [6.45, 7) is 0.345. The van der Waals surface area contributed by atoms with Crippen LogP contribution in [0.1, 0.15) is 12.0 Å². The number of benzene rings is 1. The molecule has 0 unspecified atom stereocenters. The van der Waals surface area contributed by atoms with Crippen LogP contribution in [0.3, 0.4) is 0 Å². The van der Waals surface area contributed by atoms with Crippen molar-refractivity contribution in [2.45, 2.75) is 13.0 Å². The van der Waals surface area contributed by atoms with E-state index in [0.29, 0.717) is 18.8 Å². The minimum Gasteiger partial charge on any atom is -0.482 e. The quantitative estimate of drug-likeness (QED) is 0.590. The molecular formula is C13H12NO3. The fourth-order valence-electron chi connectivity index (χ4n) is 1.56. The summed E-state index contributed by atoms with van der Waals surface area (Å²) in [4.78, 5) is 10.3. The van der Waals surface area contributed by atoms with Gasteiger partial charge in [-0.25, -0.2) is 0 Å². The van der Waals surface area contributed by atoms with Gasteiger partial charge in [-0.05, 0) is 24.5 Å². The number of hydrogen-bond donors (Lipinski definition) is 0. The highest BCUT2D eigenvalue weighted by molar-refractivity contribution is 5.27. The third kappa shape index (κ3) is 2.93. The van der Waals surface area contributed by atoms with E-state index >= 15 is 0 Å². The van der Waals surface area contributed by atoms with Crippen LogP contribution in [0.4, 0.5) is 0 Å². The molecule has 0 saturated carbocycles. The topological polar surface area (TPSA) is 52.4 Å². The van der Waals surface area contributed by atoms with Gasteiger partial charge >= 0.3 is 5.70 Å². The molecule has 0 N–H and O–H groups in total. The van der Waals surface area contributed by atoms with Crippen LogP contribution in [0, 0.1) is 16.5 Å². The van der Waals surface area contributed by atoms with Crippen molar-refractivity contribution < 1.29 is 9.66 Å². The van der Waals surface area contributed by atoms with Gasteiger partial charge in [0, 0.05) is 6.08 Å². The van der Waals surface area contributed by atoms with Crippen LogP contribution in [0.25, 0.3) is 0 Å². The lowest BCUT2D eigenvalue weighted by Gasteiger charge is -2.11. The summed E-state index contributed by atoms with van der Waals surface area (Å²) in [5, 5.41) is 10.8. The van der Waals surface area contributed by atoms with Crippen LogP contribution in [0.5, 0.6) is 0 Å². The summed E-state index contributed by atoms with van der Waals surface area (Å²) in [5.74, 6) is 0.348. The Morgan fingerprint density at radius 2 is 2.06 bits per heavy atom. The Balaban J connectivity index is 2.01. The van der Waals surface area contributed by atoms with Gasteiger partial charge in [-0.2, -0.15) is 0 Å². The first-order valence-corrected chi connectivity index (χ1v) is 5.32.